The summed E-state index contributed by atoms with van der Waals surface area (Å²) < 4.78 is 0. The lowest BCUT2D eigenvalue weighted by Gasteiger charge is -2.33. The Bertz CT molecular complexity index is 634. The molecule has 0 bridgehead atoms. The molecule has 1 fully saturated rings. The average molecular weight is 345 g/mol. The fourth-order valence-electron chi connectivity index (χ4n) is 2.93. The lowest BCUT2D eigenvalue weighted by atomic mass is 10.1. The van der Waals surface area contributed by atoms with Gasteiger partial charge in [-0.1, -0.05) is 0 Å². The molecule has 1 aliphatic rings. The molecular weight excluding hydrogens is 322 g/mol. The standard InChI is InChI=1S/C17H23N5OS/c1-21(11-14-6-9-24-13-14)17(23)10-18-15-4-3-8-22(12-15)16-5-2-7-19-20-16/h2,5-7,9,13,15,18H,3-4,8,10-12H2,1H3/t15-/m0/s1. The molecule has 128 valence electrons. The molecule has 1 atom stereocenters. The van der Waals surface area contributed by atoms with Gasteiger partial charge in [-0.3, -0.25) is 4.79 Å². The quantitative estimate of drug-likeness (QED) is 0.864. The summed E-state index contributed by atoms with van der Waals surface area (Å²) >= 11 is 1.66. The first-order valence-corrected chi connectivity index (χ1v) is 9.18. The Morgan fingerprint density at radius 1 is 1.50 bits per heavy atom. The van der Waals surface area contributed by atoms with E-state index in [1.54, 1.807) is 22.4 Å². The van der Waals surface area contributed by atoms with Crippen molar-refractivity contribution in [3.05, 3.63) is 40.7 Å². The third-order valence-electron chi connectivity index (χ3n) is 4.27. The molecule has 0 aromatic carbocycles. The largest absolute Gasteiger partial charge is 0.354 e. The van der Waals surface area contributed by atoms with Crippen LogP contribution in [0.4, 0.5) is 5.82 Å². The smallest absolute Gasteiger partial charge is 0.236 e. The van der Waals surface area contributed by atoms with Gasteiger partial charge in [-0.05, 0) is 47.4 Å². The third kappa shape index (κ3) is 4.52. The second-order valence-electron chi connectivity index (χ2n) is 6.13. The number of amides is 1. The third-order valence-corrected chi connectivity index (χ3v) is 5.00. The van der Waals surface area contributed by atoms with E-state index in [4.69, 9.17) is 0 Å². The van der Waals surface area contributed by atoms with E-state index in [1.165, 1.54) is 5.56 Å². The minimum atomic E-state index is 0.123. The van der Waals surface area contributed by atoms with Crippen molar-refractivity contribution < 1.29 is 4.79 Å². The summed E-state index contributed by atoms with van der Waals surface area (Å²) in [7, 11) is 1.86. The number of hydrogen-bond acceptors (Lipinski definition) is 6. The molecule has 1 aliphatic heterocycles. The minimum absolute atomic E-state index is 0.123. The van der Waals surface area contributed by atoms with Crippen molar-refractivity contribution in [1.82, 2.24) is 20.4 Å². The van der Waals surface area contributed by atoms with Crippen LogP contribution in [-0.4, -0.2) is 53.7 Å². The summed E-state index contributed by atoms with van der Waals surface area (Å²) in [5.74, 6) is 1.03. The molecule has 2 aromatic heterocycles. The first-order chi connectivity index (χ1) is 11.7. The normalized spacial score (nSPS) is 17.7. The monoisotopic (exact) mass is 345 g/mol. The molecule has 1 amide bonds. The van der Waals surface area contributed by atoms with Gasteiger partial charge in [0, 0.05) is 38.9 Å². The minimum Gasteiger partial charge on any atom is -0.354 e. The summed E-state index contributed by atoms with van der Waals surface area (Å²) in [5, 5.41) is 15.6. The van der Waals surface area contributed by atoms with Gasteiger partial charge in [-0.15, -0.1) is 5.10 Å². The number of hydrogen-bond donors (Lipinski definition) is 1. The van der Waals surface area contributed by atoms with E-state index in [1.807, 2.05) is 24.6 Å². The Hall–Kier alpha value is -1.99. The van der Waals surface area contributed by atoms with Crippen LogP contribution >= 0.6 is 11.3 Å². The zero-order valence-corrected chi connectivity index (χ0v) is 14.7. The first kappa shape index (κ1) is 16.9. The van der Waals surface area contributed by atoms with Gasteiger partial charge in [0.15, 0.2) is 5.82 Å². The molecule has 3 rings (SSSR count). The van der Waals surface area contributed by atoms with E-state index in [0.29, 0.717) is 19.1 Å². The summed E-state index contributed by atoms with van der Waals surface area (Å²) in [4.78, 5) is 16.3. The summed E-state index contributed by atoms with van der Waals surface area (Å²) in [6.07, 6.45) is 3.86. The number of nitrogens with zero attached hydrogens (tertiary/aromatic N) is 4. The molecule has 0 spiro atoms. The van der Waals surface area contributed by atoms with E-state index in [0.717, 1.165) is 31.7 Å². The van der Waals surface area contributed by atoms with Crippen molar-refractivity contribution in [2.24, 2.45) is 0 Å². The molecule has 3 heterocycles. The number of anilines is 1. The first-order valence-electron chi connectivity index (χ1n) is 8.23. The topological polar surface area (TPSA) is 61.4 Å². The molecule has 1 saturated heterocycles. The number of likely N-dealkylation sites (N-methyl/N-ethyl adjacent to an activating group) is 1. The van der Waals surface area contributed by atoms with Crippen molar-refractivity contribution in [2.45, 2.75) is 25.4 Å². The van der Waals surface area contributed by atoms with Crippen molar-refractivity contribution in [2.75, 3.05) is 31.6 Å². The van der Waals surface area contributed by atoms with E-state index in [2.05, 4.69) is 31.9 Å². The van der Waals surface area contributed by atoms with Crippen LogP contribution in [0.1, 0.15) is 18.4 Å². The van der Waals surface area contributed by atoms with Crippen LogP contribution in [-0.2, 0) is 11.3 Å². The molecule has 6 nitrogen and oxygen atoms in total. The van der Waals surface area contributed by atoms with Crippen molar-refractivity contribution in [3.8, 4) is 0 Å². The summed E-state index contributed by atoms with van der Waals surface area (Å²) in [6.45, 7) is 2.89. The van der Waals surface area contributed by atoms with Gasteiger partial charge in [0.2, 0.25) is 5.91 Å². The predicted octanol–water partition coefficient (Wildman–Crippen LogP) is 1.76. The van der Waals surface area contributed by atoms with Crippen LogP contribution in [0.5, 0.6) is 0 Å². The Morgan fingerprint density at radius 3 is 3.17 bits per heavy atom. The van der Waals surface area contributed by atoms with Gasteiger partial charge in [0.1, 0.15) is 0 Å². The van der Waals surface area contributed by atoms with E-state index < -0.39 is 0 Å². The maximum absolute atomic E-state index is 12.3. The Morgan fingerprint density at radius 2 is 2.42 bits per heavy atom. The zero-order valence-electron chi connectivity index (χ0n) is 13.9. The Labute approximate surface area is 146 Å². The maximum Gasteiger partial charge on any atom is 0.236 e. The van der Waals surface area contributed by atoms with E-state index in [-0.39, 0.29) is 5.91 Å². The lowest BCUT2D eigenvalue weighted by molar-refractivity contribution is -0.129. The van der Waals surface area contributed by atoms with Crippen LogP contribution in [0.25, 0.3) is 0 Å². The summed E-state index contributed by atoms with van der Waals surface area (Å²) in [5.41, 5.74) is 1.18. The lowest BCUT2D eigenvalue weighted by Crippen LogP contribution is -2.48. The number of piperidine rings is 1. The fourth-order valence-corrected chi connectivity index (χ4v) is 3.58. The van der Waals surface area contributed by atoms with Gasteiger partial charge >= 0.3 is 0 Å². The van der Waals surface area contributed by atoms with Crippen LogP contribution in [0.3, 0.4) is 0 Å². The average Bonchev–Trinajstić information content (AvgIpc) is 3.13. The van der Waals surface area contributed by atoms with Crippen molar-refractivity contribution in [3.63, 3.8) is 0 Å². The maximum atomic E-state index is 12.3. The molecule has 2 aromatic rings. The van der Waals surface area contributed by atoms with E-state index in [9.17, 15) is 4.79 Å². The highest BCUT2D eigenvalue weighted by Crippen LogP contribution is 2.16. The van der Waals surface area contributed by atoms with Crippen LogP contribution < -0.4 is 10.2 Å². The highest BCUT2D eigenvalue weighted by Gasteiger charge is 2.21. The molecule has 0 aliphatic carbocycles. The Kier molecular flexibility index (Phi) is 5.77. The van der Waals surface area contributed by atoms with E-state index >= 15 is 0 Å². The molecule has 24 heavy (non-hydrogen) atoms. The summed E-state index contributed by atoms with van der Waals surface area (Å²) in [6, 6.07) is 6.25. The highest BCUT2D eigenvalue weighted by molar-refractivity contribution is 7.07. The van der Waals surface area contributed by atoms with Gasteiger partial charge in [0.05, 0.1) is 6.54 Å². The number of carbonyl (C=O) groups is 1. The van der Waals surface area contributed by atoms with Gasteiger partial charge in [-0.2, -0.15) is 16.4 Å². The second-order valence-corrected chi connectivity index (χ2v) is 6.91. The van der Waals surface area contributed by atoms with Gasteiger partial charge < -0.3 is 15.1 Å². The van der Waals surface area contributed by atoms with Gasteiger partial charge in [-0.25, -0.2) is 0 Å². The molecule has 7 heteroatoms. The highest BCUT2D eigenvalue weighted by atomic mass is 32.1. The number of rotatable bonds is 6. The second kappa shape index (κ2) is 8.21. The van der Waals surface area contributed by atoms with Crippen molar-refractivity contribution >= 4 is 23.1 Å². The van der Waals surface area contributed by atoms with Gasteiger partial charge in [0.25, 0.3) is 0 Å². The molecular formula is C17H23N5OS. The zero-order chi connectivity index (χ0) is 16.8. The predicted molar refractivity (Wildman–Crippen MR) is 96.1 cm³/mol. The Balaban J connectivity index is 1.46. The number of carbonyl (C=O) groups excluding carboxylic acids is 1. The molecule has 0 unspecified atom stereocenters. The number of nitrogens with one attached hydrogen (secondary N) is 1. The molecule has 0 saturated carbocycles. The number of aromatic nitrogens is 2. The number of thiophene rings is 1. The van der Waals surface area contributed by atoms with Crippen LogP contribution in [0.15, 0.2) is 35.2 Å². The van der Waals surface area contributed by atoms with Crippen molar-refractivity contribution in [1.29, 1.82) is 0 Å². The fraction of sp³-hybridized carbons (Fsp3) is 0.471. The molecule has 1 N–H and O–H groups in total. The van der Waals surface area contributed by atoms with Crippen LogP contribution in [0.2, 0.25) is 0 Å². The van der Waals surface area contributed by atoms with Crippen LogP contribution in [0, 0.1) is 0 Å². The molecule has 0 radical (unpaired) electrons. The SMILES string of the molecule is CN(Cc1ccsc1)C(=O)CN[C@H]1CCCN(c2cccnn2)C1.